The van der Waals surface area contributed by atoms with Gasteiger partial charge < -0.3 is 9.67 Å². The zero-order valence-electron chi connectivity index (χ0n) is 10.1. The normalized spacial score (nSPS) is 9.79. The van der Waals surface area contributed by atoms with Crippen LogP contribution < -0.4 is 5.43 Å². The number of nitrogens with zero attached hydrogens (tertiary/aromatic N) is 1. The number of aliphatic hydroxyl groups excluding tert-OH is 1. The highest BCUT2D eigenvalue weighted by molar-refractivity contribution is 5.38. The van der Waals surface area contributed by atoms with Gasteiger partial charge in [0.05, 0.1) is 5.56 Å². The number of pyridine rings is 1. The first-order chi connectivity index (χ1) is 9.19. The molecule has 0 aliphatic rings. The second-order valence-corrected chi connectivity index (χ2v) is 3.98. The molecular weight excluding hydrogens is 245 g/mol. The minimum Gasteiger partial charge on any atom is -0.384 e. The largest absolute Gasteiger partial charge is 0.384 e. The lowest BCUT2D eigenvalue weighted by molar-refractivity contribution is 0.350. The predicted molar refractivity (Wildman–Crippen MR) is 70.2 cm³/mol. The van der Waals surface area contributed by atoms with Crippen LogP contribution in [0.2, 0.25) is 0 Å². The molecule has 0 fully saturated rings. The third-order valence-electron chi connectivity index (χ3n) is 2.56. The van der Waals surface area contributed by atoms with Crippen LogP contribution in [0.5, 0.6) is 0 Å². The van der Waals surface area contributed by atoms with E-state index in [1.54, 1.807) is 24.5 Å². The van der Waals surface area contributed by atoms with Gasteiger partial charge in [0.15, 0.2) is 5.43 Å². The van der Waals surface area contributed by atoms with Crippen molar-refractivity contribution in [1.29, 1.82) is 0 Å². The lowest BCUT2D eigenvalue weighted by Gasteiger charge is -2.06. The molecule has 0 radical (unpaired) electrons. The molecule has 96 valence electrons. The number of halogens is 1. The molecule has 0 amide bonds. The molecule has 0 saturated heterocycles. The van der Waals surface area contributed by atoms with Crippen LogP contribution in [-0.2, 0) is 6.54 Å². The molecule has 3 nitrogen and oxygen atoms in total. The van der Waals surface area contributed by atoms with Crippen molar-refractivity contribution in [3.63, 3.8) is 0 Å². The molecule has 4 heteroatoms. The zero-order valence-corrected chi connectivity index (χ0v) is 10.1. The summed E-state index contributed by atoms with van der Waals surface area (Å²) in [5, 5.41) is 8.62. The first-order valence-electron chi connectivity index (χ1n) is 5.73. The van der Waals surface area contributed by atoms with Crippen molar-refractivity contribution in [2.24, 2.45) is 0 Å². The summed E-state index contributed by atoms with van der Waals surface area (Å²) in [6, 6.07) is 7.58. The van der Waals surface area contributed by atoms with Crippen molar-refractivity contribution in [3.05, 3.63) is 69.9 Å². The lowest BCUT2D eigenvalue weighted by atomic mass is 10.1. The Morgan fingerprint density at radius 3 is 2.63 bits per heavy atom. The summed E-state index contributed by atoms with van der Waals surface area (Å²) in [5.41, 5.74) is 1.07. The Balaban J connectivity index is 2.26. The molecule has 0 atom stereocenters. The molecule has 0 saturated carbocycles. The molecule has 0 bridgehead atoms. The molecule has 19 heavy (non-hydrogen) atoms. The van der Waals surface area contributed by atoms with E-state index >= 15 is 0 Å². The molecule has 0 aliphatic carbocycles. The topological polar surface area (TPSA) is 42.2 Å². The summed E-state index contributed by atoms with van der Waals surface area (Å²) in [6.45, 7) is 0.220. The van der Waals surface area contributed by atoms with Crippen LogP contribution in [0.4, 0.5) is 4.39 Å². The molecule has 2 rings (SSSR count). The fourth-order valence-electron chi connectivity index (χ4n) is 1.66. The molecule has 2 aromatic rings. The molecule has 1 aromatic carbocycles. The number of hydrogen-bond donors (Lipinski definition) is 1. The van der Waals surface area contributed by atoms with Gasteiger partial charge >= 0.3 is 0 Å². The summed E-state index contributed by atoms with van der Waals surface area (Å²) in [7, 11) is 0. The maximum absolute atomic E-state index is 13.5. The van der Waals surface area contributed by atoms with Gasteiger partial charge in [0.1, 0.15) is 12.4 Å². The van der Waals surface area contributed by atoms with Crippen molar-refractivity contribution < 1.29 is 9.50 Å². The van der Waals surface area contributed by atoms with Crippen molar-refractivity contribution >= 4 is 0 Å². The van der Waals surface area contributed by atoms with Crippen molar-refractivity contribution in [1.82, 2.24) is 4.57 Å². The van der Waals surface area contributed by atoms with Gasteiger partial charge in [-0.3, -0.25) is 4.79 Å². The molecule has 1 aromatic heterocycles. The summed E-state index contributed by atoms with van der Waals surface area (Å²) >= 11 is 0. The Bertz CT molecular complexity index is 675. The quantitative estimate of drug-likeness (QED) is 0.826. The maximum atomic E-state index is 13.5. The standard InChI is InChI=1S/C15H12FNO2/c16-15-4-3-12(10-13(15)2-1-9-18)11-17-7-5-14(19)6-8-17/h3-8,10,18H,9,11H2. The van der Waals surface area contributed by atoms with E-state index in [2.05, 4.69) is 11.8 Å². The Morgan fingerprint density at radius 2 is 1.95 bits per heavy atom. The van der Waals surface area contributed by atoms with Gasteiger partial charge in [0.25, 0.3) is 0 Å². The van der Waals surface area contributed by atoms with E-state index in [0.29, 0.717) is 6.54 Å². The molecule has 1 N–H and O–H groups in total. The van der Waals surface area contributed by atoms with Gasteiger partial charge in [-0.15, -0.1) is 0 Å². The summed E-state index contributed by atoms with van der Waals surface area (Å²) in [5.74, 6) is 4.57. The first kappa shape index (κ1) is 13.1. The van der Waals surface area contributed by atoms with Gasteiger partial charge in [-0.05, 0) is 17.7 Å². The van der Waals surface area contributed by atoms with E-state index in [9.17, 15) is 9.18 Å². The molecule has 1 heterocycles. The fraction of sp³-hybridized carbons (Fsp3) is 0.133. The van der Waals surface area contributed by atoms with Crippen LogP contribution >= 0.6 is 0 Å². The van der Waals surface area contributed by atoms with Gasteiger partial charge in [-0.1, -0.05) is 17.9 Å². The Labute approximate surface area is 109 Å². The van der Waals surface area contributed by atoms with Crippen LogP contribution in [0.25, 0.3) is 0 Å². The molecule has 0 unspecified atom stereocenters. The monoisotopic (exact) mass is 257 g/mol. The number of aliphatic hydroxyl groups is 1. The van der Waals surface area contributed by atoms with Gasteiger partial charge in [0, 0.05) is 31.1 Å². The smallest absolute Gasteiger partial charge is 0.181 e. The van der Waals surface area contributed by atoms with Crippen molar-refractivity contribution in [2.45, 2.75) is 6.54 Å². The molecule has 0 spiro atoms. The molecule has 0 aliphatic heterocycles. The number of rotatable bonds is 2. The highest BCUT2D eigenvalue weighted by Crippen LogP contribution is 2.10. The summed E-state index contributed by atoms with van der Waals surface area (Å²) in [6.07, 6.45) is 3.34. The summed E-state index contributed by atoms with van der Waals surface area (Å²) < 4.78 is 15.3. The van der Waals surface area contributed by atoms with E-state index in [1.807, 2.05) is 4.57 Å². The number of hydrogen-bond acceptors (Lipinski definition) is 2. The fourth-order valence-corrected chi connectivity index (χ4v) is 1.66. The minimum atomic E-state index is -0.412. The Hall–Kier alpha value is -2.38. The average molecular weight is 257 g/mol. The highest BCUT2D eigenvalue weighted by atomic mass is 19.1. The molecular formula is C15H12FNO2. The number of benzene rings is 1. The second-order valence-electron chi connectivity index (χ2n) is 3.98. The van der Waals surface area contributed by atoms with Gasteiger partial charge in [-0.25, -0.2) is 4.39 Å². The average Bonchev–Trinajstić information content (AvgIpc) is 2.42. The van der Waals surface area contributed by atoms with Crippen LogP contribution in [0.1, 0.15) is 11.1 Å². The van der Waals surface area contributed by atoms with Crippen molar-refractivity contribution in [2.75, 3.05) is 6.61 Å². The van der Waals surface area contributed by atoms with Gasteiger partial charge in [-0.2, -0.15) is 0 Å². The first-order valence-corrected chi connectivity index (χ1v) is 5.73. The van der Waals surface area contributed by atoms with E-state index in [-0.39, 0.29) is 17.6 Å². The Kier molecular flexibility index (Phi) is 4.11. The van der Waals surface area contributed by atoms with Crippen molar-refractivity contribution in [3.8, 4) is 11.8 Å². The van der Waals surface area contributed by atoms with Crippen LogP contribution in [-0.4, -0.2) is 16.3 Å². The Morgan fingerprint density at radius 1 is 1.21 bits per heavy atom. The van der Waals surface area contributed by atoms with E-state index in [0.717, 1.165) is 5.56 Å². The highest BCUT2D eigenvalue weighted by Gasteiger charge is 2.01. The third-order valence-corrected chi connectivity index (χ3v) is 2.56. The SMILES string of the molecule is O=c1ccn(Cc2ccc(F)c(C#CCO)c2)cc1. The maximum Gasteiger partial charge on any atom is 0.181 e. The van der Waals surface area contributed by atoms with Crippen LogP contribution in [0, 0.1) is 17.7 Å². The second kappa shape index (κ2) is 5.98. The zero-order chi connectivity index (χ0) is 13.7. The lowest BCUT2D eigenvalue weighted by Crippen LogP contribution is -2.05. The van der Waals surface area contributed by atoms with E-state index < -0.39 is 5.82 Å². The van der Waals surface area contributed by atoms with Gasteiger partial charge in [0.2, 0.25) is 0 Å². The van der Waals surface area contributed by atoms with Crippen LogP contribution in [0.15, 0.2) is 47.5 Å². The third kappa shape index (κ3) is 3.54. The summed E-state index contributed by atoms with van der Waals surface area (Å²) in [4.78, 5) is 11.0. The van der Waals surface area contributed by atoms with E-state index in [1.165, 1.54) is 18.2 Å². The van der Waals surface area contributed by atoms with E-state index in [4.69, 9.17) is 5.11 Å². The van der Waals surface area contributed by atoms with Crippen LogP contribution in [0.3, 0.4) is 0 Å². The number of aromatic nitrogens is 1. The minimum absolute atomic E-state index is 0.0511. The predicted octanol–water partition coefficient (Wildman–Crippen LogP) is 1.38.